The van der Waals surface area contributed by atoms with Gasteiger partial charge in [-0.05, 0) is 41.1 Å². The van der Waals surface area contributed by atoms with Crippen LogP contribution in [0.2, 0.25) is 0 Å². The number of amides is 1. The zero-order valence-electron chi connectivity index (χ0n) is 9.29. The van der Waals surface area contributed by atoms with Crippen LogP contribution in [0.15, 0.2) is 22.7 Å². The Hall–Kier alpha value is -1.07. The van der Waals surface area contributed by atoms with Crippen LogP contribution in [-0.4, -0.2) is 25.6 Å². The van der Waals surface area contributed by atoms with E-state index in [4.69, 9.17) is 10.5 Å². The van der Waals surface area contributed by atoms with Gasteiger partial charge < -0.3 is 15.8 Å². The maximum atomic E-state index is 11.7. The van der Waals surface area contributed by atoms with E-state index in [1.807, 2.05) is 6.92 Å². The molecule has 0 bridgehead atoms. The maximum absolute atomic E-state index is 11.7. The molecule has 0 aliphatic heterocycles. The first-order valence-electron chi connectivity index (χ1n) is 4.93. The SMILES string of the molecule is COc1ccc(C(=O)N[C@H](C)CN)cc1Br. The summed E-state index contributed by atoms with van der Waals surface area (Å²) in [5, 5.41) is 2.78. The van der Waals surface area contributed by atoms with Crippen molar-refractivity contribution >= 4 is 21.8 Å². The van der Waals surface area contributed by atoms with E-state index in [0.717, 1.165) is 4.47 Å². The zero-order chi connectivity index (χ0) is 12.1. The fourth-order valence-corrected chi connectivity index (χ4v) is 1.71. The third kappa shape index (κ3) is 3.21. The average Bonchev–Trinajstić information content (AvgIpc) is 2.28. The molecule has 0 aliphatic carbocycles. The molecular weight excluding hydrogens is 272 g/mol. The van der Waals surface area contributed by atoms with Gasteiger partial charge in [0.1, 0.15) is 5.75 Å². The first-order valence-corrected chi connectivity index (χ1v) is 5.72. The van der Waals surface area contributed by atoms with Gasteiger partial charge in [-0.15, -0.1) is 0 Å². The standard InChI is InChI=1S/C11H15BrN2O2/c1-7(6-13)14-11(15)8-3-4-10(16-2)9(12)5-8/h3-5,7H,6,13H2,1-2H3,(H,14,15)/t7-/m1/s1. The first kappa shape index (κ1) is 13.0. The molecule has 1 rings (SSSR count). The van der Waals surface area contributed by atoms with Gasteiger partial charge in [0.05, 0.1) is 11.6 Å². The van der Waals surface area contributed by atoms with Gasteiger partial charge in [-0.3, -0.25) is 4.79 Å². The topological polar surface area (TPSA) is 64.3 Å². The number of halogens is 1. The van der Waals surface area contributed by atoms with Gasteiger partial charge in [0, 0.05) is 18.2 Å². The summed E-state index contributed by atoms with van der Waals surface area (Å²) in [7, 11) is 1.58. The highest BCUT2D eigenvalue weighted by molar-refractivity contribution is 9.10. The molecule has 0 saturated carbocycles. The summed E-state index contributed by atoms with van der Waals surface area (Å²) in [6, 6.07) is 5.14. The molecule has 0 fully saturated rings. The van der Waals surface area contributed by atoms with Crippen molar-refractivity contribution in [1.29, 1.82) is 0 Å². The predicted octanol–water partition coefficient (Wildman–Crippen LogP) is 1.53. The Bertz CT molecular complexity index is 382. The van der Waals surface area contributed by atoms with Crippen molar-refractivity contribution in [1.82, 2.24) is 5.32 Å². The number of rotatable bonds is 4. The normalized spacial score (nSPS) is 12.0. The van der Waals surface area contributed by atoms with Gasteiger partial charge in [-0.25, -0.2) is 0 Å². The van der Waals surface area contributed by atoms with Crippen LogP contribution in [0.4, 0.5) is 0 Å². The van der Waals surface area contributed by atoms with Gasteiger partial charge in [-0.2, -0.15) is 0 Å². The Labute approximate surface area is 103 Å². The molecule has 0 saturated heterocycles. The van der Waals surface area contributed by atoms with Gasteiger partial charge >= 0.3 is 0 Å². The van der Waals surface area contributed by atoms with E-state index < -0.39 is 0 Å². The number of hydrogen-bond donors (Lipinski definition) is 2. The molecule has 0 aromatic heterocycles. The van der Waals surface area contributed by atoms with Crippen LogP contribution in [0.25, 0.3) is 0 Å². The molecule has 1 aromatic rings. The Balaban J connectivity index is 2.81. The number of nitrogens with two attached hydrogens (primary N) is 1. The van der Waals surface area contributed by atoms with E-state index >= 15 is 0 Å². The molecule has 0 radical (unpaired) electrons. The van der Waals surface area contributed by atoms with Crippen molar-refractivity contribution in [3.05, 3.63) is 28.2 Å². The lowest BCUT2D eigenvalue weighted by Crippen LogP contribution is -2.37. The Morgan fingerprint density at radius 3 is 2.81 bits per heavy atom. The van der Waals surface area contributed by atoms with Gasteiger partial charge in [0.25, 0.3) is 5.91 Å². The Kier molecular flexibility index (Phi) is 4.76. The van der Waals surface area contributed by atoms with Crippen molar-refractivity contribution in [3.63, 3.8) is 0 Å². The van der Waals surface area contributed by atoms with Crippen LogP contribution in [-0.2, 0) is 0 Å². The number of nitrogens with one attached hydrogen (secondary N) is 1. The van der Waals surface area contributed by atoms with E-state index in [0.29, 0.717) is 17.9 Å². The predicted molar refractivity (Wildman–Crippen MR) is 66.7 cm³/mol. The monoisotopic (exact) mass is 286 g/mol. The first-order chi connectivity index (χ1) is 7.58. The number of ether oxygens (including phenoxy) is 1. The molecular formula is C11H15BrN2O2. The summed E-state index contributed by atoms with van der Waals surface area (Å²) >= 11 is 3.33. The van der Waals surface area contributed by atoms with Crippen molar-refractivity contribution in [3.8, 4) is 5.75 Å². The number of carbonyl (C=O) groups is 1. The molecule has 0 aliphatic rings. The molecule has 88 valence electrons. The second kappa shape index (κ2) is 5.86. The summed E-state index contributed by atoms with van der Waals surface area (Å²) < 4.78 is 5.84. The van der Waals surface area contributed by atoms with Crippen LogP contribution in [0.3, 0.4) is 0 Å². The summed E-state index contributed by atoms with van der Waals surface area (Å²) in [5.74, 6) is 0.560. The van der Waals surface area contributed by atoms with Gasteiger partial charge in [-0.1, -0.05) is 0 Å². The number of hydrogen-bond acceptors (Lipinski definition) is 3. The fraction of sp³-hybridized carbons (Fsp3) is 0.364. The summed E-state index contributed by atoms with van der Waals surface area (Å²) in [5.41, 5.74) is 6.01. The summed E-state index contributed by atoms with van der Waals surface area (Å²) in [6.45, 7) is 2.28. The molecule has 0 heterocycles. The van der Waals surface area contributed by atoms with E-state index in [-0.39, 0.29) is 11.9 Å². The van der Waals surface area contributed by atoms with E-state index in [2.05, 4.69) is 21.2 Å². The van der Waals surface area contributed by atoms with E-state index in [9.17, 15) is 4.79 Å². The highest BCUT2D eigenvalue weighted by atomic mass is 79.9. The number of carbonyl (C=O) groups excluding carboxylic acids is 1. The van der Waals surface area contributed by atoms with Crippen LogP contribution >= 0.6 is 15.9 Å². The number of methoxy groups -OCH3 is 1. The molecule has 1 amide bonds. The summed E-state index contributed by atoms with van der Waals surface area (Å²) in [4.78, 5) is 11.7. The molecule has 0 spiro atoms. The molecule has 5 heteroatoms. The lowest BCUT2D eigenvalue weighted by molar-refractivity contribution is 0.0941. The smallest absolute Gasteiger partial charge is 0.251 e. The number of benzene rings is 1. The lowest BCUT2D eigenvalue weighted by Gasteiger charge is -2.12. The van der Waals surface area contributed by atoms with Crippen molar-refractivity contribution < 1.29 is 9.53 Å². The Morgan fingerprint density at radius 2 is 2.31 bits per heavy atom. The van der Waals surface area contributed by atoms with Gasteiger partial charge in [0.2, 0.25) is 0 Å². The average molecular weight is 287 g/mol. The van der Waals surface area contributed by atoms with Crippen molar-refractivity contribution in [2.45, 2.75) is 13.0 Å². The minimum absolute atomic E-state index is 0.0339. The third-order valence-electron chi connectivity index (χ3n) is 2.15. The largest absolute Gasteiger partial charge is 0.496 e. The van der Waals surface area contributed by atoms with E-state index in [1.54, 1.807) is 25.3 Å². The van der Waals surface area contributed by atoms with E-state index in [1.165, 1.54) is 0 Å². The highest BCUT2D eigenvalue weighted by Gasteiger charge is 2.10. The maximum Gasteiger partial charge on any atom is 0.251 e. The third-order valence-corrected chi connectivity index (χ3v) is 2.76. The molecule has 4 nitrogen and oxygen atoms in total. The molecule has 0 unspecified atom stereocenters. The second-order valence-electron chi connectivity index (χ2n) is 3.46. The lowest BCUT2D eigenvalue weighted by atomic mass is 10.2. The molecule has 1 aromatic carbocycles. The molecule has 16 heavy (non-hydrogen) atoms. The molecule has 3 N–H and O–H groups in total. The zero-order valence-corrected chi connectivity index (χ0v) is 10.9. The van der Waals surface area contributed by atoms with Crippen LogP contribution in [0.1, 0.15) is 17.3 Å². The molecule has 1 atom stereocenters. The minimum atomic E-state index is -0.138. The van der Waals surface area contributed by atoms with Crippen molar-refractivity contribution in [2.24, 2.45) is 5.73 Å². The summed E-state index contributed by atoms with van der Waals surface area (Å²) in [6.07, 6.45) is 0. The van der Waals surface area contributed by atoms with Gasteiger partial charge in [0.15, 0.2) is 0 Å². The Morgan fingerprint density at radius 1 is 1.62 bits per heavy atom. The van der Waals surface area contributed by atoms with Crippen LogP contribution in [0.5, 0.6) is 5.75 Å². The second-order valence-corrected chi connectivity index (χ2v) is 4.31. The highest BCUT2D eigenvalue weighted by Crippen LogP contribution is 2.25. The quantitative estimate of drug-likeness (QED) is 0.882. The van der Waals surface area contributed by atoms with Crippen LogP contribution in [0, 0.1) is 0 Å². The fourth-order valence-electron chi connectivity index (χ4n) is 1.17. The van der Waals surface area contributed by atoms with Crippen molar-refractivity contribution in [2.75, 3.05) is 13.7 Å². The van der Waals surface area contributed by atoms with Crippen LogP contribution < -0.4 is 15.8 Å². The minimum Gasteiger partial charge on any atom is -0.496 e.